The second-order valence-electron chi connectivity index (χ2n) is 11.4. The summed E-state index contributed by atoms with van der Waals surface area (Å²) in [5.74, 6) is -0.423. The lowest BCUT2D eigenvalue weighted by atomic mass is 9.75. The van der Waals surface area contributed by atoms with Crippen molar-refractivity contribution in [2.45, 2.75) is 65.3 Å². The first-order valence-corrected chi connectivity index (χ1v) is 14.4. The molecule has 0 radical (unpaired) electrons. The number of fused-ring (bicyclic) bond motifs is 1. The third-order valence-electron chi connectivity index (χ3n) is 8.43. The Labute approximate surface area is 230 Å². The van der Waals surface area contributed by atoms with Crippen LogP contribution in [0.4, 0.5) is 0 Å². The summed E-state index contributed by atoms with van der Waals surface area (Å²) in [7, 11) is 0. The molecule has 5 rings (SSSR count). The highest BCUT2D eigenvalue weighted by Crippen LogP contribution is 2.38. The van der Waals surface area contributed by atoms with E-state index in [1.165, 1.54) is 6.42 Å². The Morgan fingerprint density at radius 1 is 1.10 bits per heavy atom. The van der Waals surface area contributed by atoms with Gasteiger partial charge in [-0.1, -0.05) is 6.92 Å². The summed E-state index contributed by atoms with van der Waals surface area (Å²) in [6, 6.07) is 6.75. The van der Waals surface area contributed by atoms with Gasteiger partial charge >= 0.3 is 5.97 Å². The molecular weight excluding hydrogens is 496 g/mol. The number of hydrogen-bond donors (Lipinski definition) is 1. The van der Waals surface area contributed by atoms with Gasteiger partial charge in [0.05, 0.1) is 17.9 Å². The average molecular weight is 537 g/mol. The number of likely N-dealkylation sites (tertiary alicyclic amines) is 1. The molecule has 9 heteroatoms. The van der Waals surface area contributed by atoms with Crippen molar-refractivity contribution in [3.8, 4) is 0 Å². The van der Waals surface area contributed by atoms with Crippen LogP contribution in [0.5, 0.6) is 0 Å². The second-order valence-corrected chi connectivity index (χ2v) is 11.4. The number of esters is 1. The number of rotatable bonds is 7. The molecule has 2 fully saturated rings. The number of carbonyl (C=O) groups is 3. The molecule has 1 N–H and O–H groups in total. The van der Waals surface area contributed by atoms with Crippen molar-refractivity contribution in [2.24, 2.45) is 11.3 Å². The van der Waals surface area contributed by atoms with Crippen molar-refractivity contribution in [2.75, 3.05) is 39.5 Å². The van der Waals surface area contributed by atoms with Crippen LogP contribution >= 0.6 is 0 Å². The second kappa shape index (κ2) is 11.9. The van der Waals surface area contributed by atoms with E-state index in [4.69, 9.17) is 14.6 Å². The normalized spacial score (nSPS) is 19.6. The zero-order chi connectivity index (χ0) is 27.4. The van der Waals surface area contributed by atoms with E-state index < -0.39 is 5.97 Å². The van der Waals surface area contributed by atoms with Crippen LogP contribution < -0.4 is 5.32 Å². The summed E-state index contributed by atoms with van der Waals surface area (Å²) in [5, 5.41) is 7.96. The zero-order valence-corrected chi connectivity index (χ0v) is 23.2. The van der Waals surface area contributed by atoms with Gasteiger partial charge in [0.2, 0.25) is 0 Å². The molecule has 1 atom stereocenters. The van der Waals surface area contributed by atoms with Crippen LogP contribution in [0, 0.1) is 11.3 Å². The van der Waals surface area contributed by atoms with E-state index in [1.807, 2.05) is 23.4 Å². The lowest BCUT2D eigenvalue weighted by Gasteiger charge is -2.36. The van der Waals surface area contributed by atoms with Gasteiger partial charge in [-0.05, 0) is 87.5 Å². The SMILES string of the molecule is CCn1nc(C[C@@H](C)COC(=O)c2ccc(C(=O)N3CCCCC3)cc2)c2c1C(=O)NCC1(CCOCC1)C2. The van der Waals surface area contributed by atoms with E-state index in [0.717, 1.165) is 56.5 Å². The van der Waals surface area contributed by atoms with Gasteiger partial charge in [0, 0.05) is 50.5 Å². The number of ether oxygens (including phenoxy) is 2. The predicted octanol–water partition coefficient (Wildman–Crippen LogP) is 3.65. The fourth-order valence-corrected chi connectivity index (χ4v) is 6.05. The van der Waals surface area contributed by atoms with Gasteiger partial charge < -0.3 is 19.7 Å². The fourth-order valence-electron chi connectivity index (χ4n) is 6.05. The Kier molecular flexibility index (Phi) is 8.35. The van der Waals surface area contributed by atoms with Crippen molar-refractivity contribution >= 4 is 17.8 Å². The number of aryl methyl sites for hydroxylation is 1. The van der Waals surface area contributed by atoms with Crippen LogP contribution in [0.25, 0.3) is 0 Å². The van der Waals surface area contributed by atoms with Crippen molar-refractivity contribution in [1.82, 2.24) is 20.0 Å². The maximum Gasteiger partial charge on any atom is 0.338 e. The predicted molar refractivity (Wildman–Crippen MR) is 146 cm³/mol. The molecule has 3 aliphatic heterocycles. The molecule has 2 aromatic rings. The van der Waals surface area contributed by atoms with Crippen molar-refractivity contribution < 1.29 is 23.9 Å². The Hall–Kier alpha value is -3.20. The van der Waals surface area contributed by atoms with Crippen molar-refractivity contribution in [3.05, 3.63) is 52.3 Å². The van der Waals surface area contributed by atoms with Gasteiger partial charge in [0.15, 0.2) is 0 Å². The molecule has 3 aliphatic rings. The van der Waals surface area contributed by atoms with E-state index in [-0.39, 0.29) is 29.8 Å². The highest BCUT2D eigenvalue weighted by Gasteiger charge is 2.39. The Morgan fingerprint density at radius 2 is 1.79 bits per heavy atom. The van der Waals surface area contributed by atoms with Crippen LogP contribution in [0.1, 0.15) is 88.4 Å². The Morgan fingerprint density at radius 3 is 2.49 bits per heavy atom. The quantitative estimate of drug-likeness (QED) is 0.542. The van der Waals surface area contributed by atoms with Gasteiger partial charge in [0.25, 0.3) is 11.8 Å². The summed E-state index contributed by atoms with van der Waals surface area (Å²) in [4.78, 5) is 40.4. The first-order valence-electron chi connectivity index (χ1n) is 14.4. The van der Waals surface area contributed by atoms with Gasteiger partial charge in [-0.25, -0.2) is 4.79 Å². The summed E-state index contributed by atoms with van der Waals surface area (Å²) in [5.41, 5.74) is 3.63. The van der Waals surface area contributed by atoms with E-state index in [9.17, 15) is 14.4 Å². The molecule has 0 saturated carbocycles. The molecule has 210 valence electrons. The minimum atomic E-state index is -0.405. The zero-order valence-electron chi connectivity index (χ0n) is 23.2. The van der Waals surface area contributed by atoms with Crippen molar-refractivity contribution in [1.29, 1.82) is 0 Å². The van der Waals surface area contributed by atoms with Gasteiger partial charge in [-0.3, -0.25) is 14.3 Å². The third-order valence-corrected chi connectivity index (χ3v) is 8.43. The lowest BCUT2D eigenvalue weighted by Crippen LogP contribution is -2.40. The third kappa shape index (κ3) is 6.03. The number of aromatic nitrogens is 2. The number of amides is 2. The number of carbonyl (C=O) groups excluding carboxylic acids is 3. The standard InChI is InChI=1S/C30H40N4O5/c1-3-34-26-24(18-30(20-31-27(26)35)11-15-38-16-12-30)25(32-34)17-21(2)19-39-29(37)23-9-7-22(8-10-23)28(36)33-13-5-4-6-14-33/h7-10,21H,3-6,11-20H2,1-2H3,(H,31,35)/t21-/m1/s1. The van der Waals surface area contributed by atoms with E-state index in [1.54, 1.807) is 24.3 Å². The molecule has 1 spiro atoms. The molecule has 0 bridgehead atoms. The van der Waals surface area contributed by atoms with Crippen LogP contribution in [0.2, 0.25) is 0 Å². The summed E-state index contributed by atoms with van der Waals surface area (Å²) in [6.07, 6.45) is 6.50. The molecule has 0 aliphatic carbocycles. The Bertz CT molecular complexity index is 1190. The number of benzene rings is 1. The minimum absolute atomic E-state index is 0.00718. The smallest absolute Gasteiger partial charge is 0.338 e. The van der Waals surface area contributed by atoms with Gasteiger partial charge in [-0.2, -0.15) is 5.10 Å². The summed E-state index contributed by atoms with van der Waals surface area (Å²) >= 11 is 0. The number of nitrogens with zero attached hydrogens (tertiary/aromatic N) is 3. The maximum absolute atomic E-state index is 13.0. The number of piperidine rings is 1. The van der Waals surface area contributed by atoms with Crippen molar-refractivity contribution in [3.63, 3.8) is 0 Å². The molecule has 4 heterocycles. The molecule has 1 aromatic carbocycles. The van der Waals surface area contributed by atoms with Crippen LogP contribution in [0.15, 0.2) is 24.3 Å². The number of hydrogen-bond acceptors (Lipinski definition) is 6. The first kappa shape index (κ1) is 27.4. The largest absolute Gasteiger partial charge is 0.462 e. The monoisotopic (exact) mass is 536 g/mol. The number of nitrogens with one attached hydrogen (secondary N) is 1. The topological polar surface area (TPSA) is 103 Å². The lowest BCUT2D eigenvalue weighted by molar-refractivity contribution is 0.0160. The average Bonchev–Trinajstić information content (AvgIpc) is 3.24. The van der Waals surface area contributed by atoms with E-state index in [2.05, 4.69) is 5.32 Å². The van der Waals surface area contributed by atoms with Gasteiger partial charge in [-0.15, -0.1) is 0 Å². The van der Waals surface area contributed by atoms with Crippen LogP contribution in [-0.2, 0) is 28.9 Å². The van der Waals surface area contributed by atoms with Crippen LogP contribution in [0.3, 0.4) is 0 Å². The highest BCUT2D eigenvalue weighted by atomic mass is 16.5. The van der Waals surface area contributed by atoms with Crippen LogP contribution in [-0.4, -0.2) is 71.9 Å². The first-order chi connectivity index (χ1) is 18.9. The Balaban J connectivity index is 1.22. The van der Waals surface area contributed by atoms with Gasteiger partial charge in [0.1, 0.15) is 5.69 Å². The summed E-state index contributed by atoms with van der Waals surface area (Å²) < 4.78 is 13.1. The molecule has 1 aromatic heterocycles. The molecular formula is C30H40N4O5. The molecule has 9 nitrogen and oxygen atoms in total. The molecule has 2 amide bonds. The highest BCUT2D eigenvalue weighted by molar-refractivity contribution is 5.96. The molecule has 2 saturated heterocycles. The van der Waals surface area contributed by atoms with E-state index in [0.29, 0.717) is 49.5 Å². The maximum atomic E-state index is 13.0. The summed E-state index contributed by atoms with van der Waals surface area (Å²) in [6.45, 7) is 8.55. The minimum Gasteiger partial charge on any atom is -0.462 e. The fraction of sp³-hybridized carbons (Fsp3) is 0.600. The molecule has 39 heavy (non-hydrogen) atoms. The van der Waals surface area contributed by atoms with E-state index >= 15 is 0 Å². The molecule has 0 unspecified atom stereocenters.